The van der Waals surface area contributed by atoms with Crippen molar-refractivity contribution >= 4 is 11.4 Å². The summed E-state index contributed by atoms with van der Waals surface area (Å²) in [4.78, 5) is 10.0. The molecular weight excluding hydrogens is 251 g/mol. The monoisotopic (exact) mass is 264 g/mol. The number of anilines is 1. The van der Waals surface area contributed by atoms with Crippen LogP contribution in [0.2, 0.25) is 0 Å². The van der Waals surface area contributed by atoms with Crippen molar-refractivity contribution in [2.75, 3.05) is 5.32 Å². The molecule has 1 aromatic heterocycles. The highest BCUT2D eigenvalue weighted by Gasteiger charge is 2.10. The van der Waals surface area contributed by atoms with Crippen molar-refractivity contribution in [1.29, 1.82) is 0 Å². The van der Waals surface area contributed by atoms with Crippen LogP contribution in [0.5, 0.6) is 0 Å². The van der Waals surface area contributed by atoms with Gasteiger partial charge in [-0.15, -0.1) is 0 Å². The highest BCUT2D eigenvalue weighted by molar-refractivity contribution is 5.51. The second-order valence-electron chi connectivity index (χ2n) is 4.19. The molecule has 2 aromatic rings. The second-order valence-corrected chi connectivity index (χ2v) is 4.19. The van der Waals surface area contributed by atoms with Crippen LogP contribution in [0.1, 0.15) is 11.3 Å². The molecule has 0 aliphatic carbocycles. The van der Waals surface area contributed by atoms with Crippen LogP contribution in [0, 0.1) is 22.9 Å². The van der Waals surface area contributed by atoms with E-state index in [4.69, 9.17) is 0 Å². The Morgan fingerprint density at radius 3 is 2.79 bits per heavy atom. The van der Waals surface area contributed by atoms with Gasteiger partial charge in [-0.25, -0.2) is 4.39 Å². The SMILES string of the molecule is Cc1c(CNc2cc(F)cc([N+](=O)[O-])c2)cnn1C. The van der Waals surface area contributed by atoms with Crippen molar-refractivity contribution in [3.8, 4) is 0 Å². The summed E-state index contributed by atoms with van der Waals surface area (Å²) in [7, 11) is 1.83. The van der Waals surface area contributed by atoms with Gasteiger partial charge in [0.2, 0.25) is 0 Å². The molecule has 0 atom stereocenters. The molecule has 2 rings (SSSR count). The maximum absolute atomic E-state index is 13.2. The topological polar surface area (TPSA) is 73.0 Å². The van der Waals surface area contributed by atoms with E-state index in [0.717, 1.165) is 17.3 Å². The van der Waals surface area contributed by atoms with Crippen LogP contribution in [0.25, 0.3) is 0 Å². The zero-order chi connectivity index (χ0) is 14.0. The Labute approximate surface area is 109 Å². The Kier molecular flexibility index (Phi) is 3.46. The van der Waals surface area contributed by atoms with Crippen LogP contribution in [0.4, 0.5) is 15.8 Å². The largest absolute Gasteiger partial charge is 0.381 e. The molecule has 1 aromatic carbocycles. The van der Waals surface area contributed by atoms with Crippen LogP contribution in [-0.4, -0.2) is 14.7 Å². The van der Waals surface area contributed by atoms with E-state index in [2.05, 4.69) is 10.4 Å². The summed E-state index contributed by atoms with van der Waals surface area (Å²) in [6.07, 6.45) is 1.70. The van der Waals surface area contributed by atoms with Crippen molar-refractivity contribution in [2.24, 2.45) is 7.05 Å². The van der Waals surface area contributed by atoms with Crippen molar-refractivity contribution in [1.82, 2.24) is 9.78 Å². The highest BCUT2D eigenvalue weighted by atomic mass is 19.1. The fourth-order valence-corrected chi connectivity index (χ4v) is 1.70. The summed E-state index contributed by atoms with van der Waals surface area (Å²) in [5.74, 6) is -0.639. The second kappa shape index (κ2) is 5.05. The first kappa shape index (κ1) is 13.0. The van der Waals surface area contributed by atoms with E-state index in [0.29, 0.717) is 12.2 Å². The molecule has 0 saturated heterocycles. The van der Waals surface area contributed by atoms with E-state index in [9.17, 15) is 14.5 Å². The van der Waals surface area contributed by atoms with Gasteiger partial charge in [0.25, 0.3) is 5.69 Å². The normalized spacial score (nSPS) is 10.5. The van der Waals surface area contributed by atoms with E-state index < -0.39 is 10.7 Å². The predicted octanol–water partition coefficient (Wildman–Crippen LogP) is 2.39. The third kappa shape index (κ3) is 2.87. The van der Waals surface area contributed by atoms with Crippen LogP contribution in [-0.2, 0) is 13.6 Å². The number of rotatable bonds is 4. The van der Waals surface area contributed by atoms with E-state index in [1.165, 1.54) is 12.1 Å². The van der Waals surface area contributed by atoms with Gasteiger partial charge in [0, 0.05) is 36.6 Å². The number of nitro groups is 1. The molecular formula is C12H13FN4O2. The van der Waals surface area contributed by atoms with Crippen molar-refractivity contribution in [3.63, 3.8) is 0 Å². The predicted molar refractivity (Wildman–Crippen MR) is 68.3 cm³/mol. The van der Waals surface area contributed by atoms with Crippen LogP contribution < -0.4 is 5.32 Å². The van der Waals surface area contributed by atoms with Crippen molar-refractivity contribution in [3.05, 3.63) is 51.6 Å². The standard InChI is InChI=1S/C12H13FN4O2/c1-8-9(7-15-16(8)2)6-14-11-3-10(13)4-12(5-11)17(18)19/h3-5,7,14H,6H2,1-2H3. The molecule has 0 fully saturated rings. The Morgan fingerprint density at radius 2 is 2.21 bits per heavy atom. The van der Waals surface area contributed by atoms with E-state index in [-0.39, 0.29) is 5.69 Å². The van der Waals surface area contributed by atoms with Crippen molar-refractivity contribution < 1.29 is 9.31 Å². The first-order valence-corrected chi connectivity index (χ1v) is 5.63. The lowest BCUT2D eigenvalue weighted by molar-refractivity contribution is -0.385. The summed E-state index contributed by atoms with van der Waals surface area (Å²) in [6, 6.07) is 3.41. The zero-order valence-electron chi connectivity index (χ0n) is 10.6. The molecule has 0 amide bonds. The van der Waals surface area contributed by atoms with Crippen LogP contribution >= 0.6 is 0 Å². The summed E-state index contributed by atoms with van der Waals surface area (Å²) in [5.41, 5.74) is 2.04. The van der Waals surface area contributed by atoms with Crippen LogP contribution in [0.15, 0.2) is 24.4 Å². The van der Waals surface area contributed by atoms with Crippen molar-refractivity contribution in [2.45, 2.75) is 13.5 Å². The lowest BCUT2D eigenvalue weighted by atomic mass is 10.2. The Balaban J connectivity index is 2.15. The Morgan fingerprint density at radius 1 is 1.47 bits per heavy atom. The number of non-ortho nitro benzene ring substituents is 1. The molecule has 0 saturated carbocycles. The van der Waals surface area contributed by atoms with Gasteiger partial charge in [0.1, 0.15) is 5.82 Å². The molecule has 0 spiro atoms. The molecule has 100 valence electrons. The van der Waals surface area contributed by atoms with Gasteiger partial charge >= 0.3 is 0 Å². The molecule has 0 unspecified atom stereocenters. The van der Waals surface area contributed by atoms with Crippen LogP contribution in [0.3, 0.4) is 0 Å². The number of nitro benzene ring substituents is 1. The minimum atomic E-state index is -0.639. The van der Waals surface area contributed by atoms with Gasteiger partial charge in [0.05, 0.1) is 17.2 Å². The number of benzene rings is 1. The zero-order valence-corrected chi connectivity index (χ0v) is 10.6. The summed E-state index contributed by atoms with van der Waals surface area (Å²) < 4.78 is 15.0. The number of nitrogens with zero attached hydrogens (tertiary/aromatic N) is 3. The quantitative estimate of drug-likeness (QED) is 0.679. The number of hydrogen-bond acceptors (Lipinski definition) is 4. The molecule has 19 heavy (non-hydrogen) atoms. The van der Waals surface area contributed by atoms with Gasteiger partial charge in [-0.3, -0.25) is 14.8 Å². The minimum Gasteiger partial charge on any atom is -0.381 e. The number of hydrogen-bond donors (Lipinski definition) is 1. The summed E-state index contributed by atoms with van der Waals surface area (Å²) in [6.45, 7) is 2.35. The fraction of sp³-hybridized carbons (Fsp3) is 0.250. The number of halogens is 1. The van der Waals surface area contributed by atoms with Gasteiger partial charge in [-0.05, 0) is 13.0 Å². The number of aromatic nitrogens is 2. The molecule has 7 heteroatoms. The molecule has 1 N–H and O–H groups in total. The van der Waals surface area contributed by atoms with E-state index in [1.54, 1.807) is 10.9 Å². The van der Waals surface area contributed by atoms with E-state index >= 15 is 0 Å². The summed E-state index contributed by atoms with van der Waals surface area (Å²) >= 11 is 0. The van der Waals surface area contributed by atoms with E-state index in [1.807, 2.05) is 14.0 Å². The number of aryl methyl sites for hydroxylation is 1. The van der Waals surface area contributed by atoms with Gasteiger partial charge < -0.3 is 5.32 Å². The number of nitrogens with one attached hydrogen (secondary N) is 1. The average Bonchev–Trinajstić information content (AvgIpc) is 2.67. The molecule has 0 aliphatic heterocycles. The third-order valence-electron chi connectivity index (χ3n) is 2.91. The molecule has 6 nitrogen and oxygen atoms in total. The first-order valence-electron chi connectivity index (χ1n) is 5.63. The smallest absolute Gasteiger partial charge is 0.274 e. The molecule has 0 radical (unpaired) electrons. The highest BCUT2D eigenvalue weighted by Crippen LogP contribution is 2.20. The average molecular weight is 264 g/mol. The molecule has 0 bridgehead atoms. The third-order valence-corrected chi connectivity index (χ3v) is 2.91. The maximum atomic E-state index is 13.2. The lowest BCUT2D eigenvalue weighted by Gasteiger charge is -2.06. The summed E-state index contributed by atoms with van der Waals surface area (Å²) in [5, 5.41) is 17.7. The molecule has 1 heterocycles. The Hall–Kier alpha value is -2.44. The van der Waals surface area contributed by atoms with Gasteiger partial charge in [-0.2, -0.15) is 5.10 Å². The molecule has 0 aliphatic rings. The maximum Gasteiger partial charge on any atom is 0.274 e. The fourth-order valence-electron chi connectivity index (χ4n) is 1.70. The first-order chi connectivity index (χ1) is 8.97. The minimum absolute atomic E-state index is 0.273. The lowest BCUT2D eigenvalue weighted by Crippen LogP contribution is -2.02. The Bertz CT molecular complexity index is 624. The van der Waals surface area contributed by atoms with Gasteiger partial charge in [0.15, 0.2) is 0 Å². The van der Waals surface area contributed by atoms with Gasteiger partial charge in [-0.1, -0.05) is 0 Å².